The Labute approximate surface area is 776 Å². The van der Waals surface area contributed by atoms with Gasteiger partial charge >= 0.3 is 0 Å². The van der Waals surface area contributed by atoms with Gasteiger partial charge in [-0.2, -0.15) is 0 Å². The third kappa shape index (κ3) is 15.4. The number of para-hydroxylation sites is 2. The molecule has 0 fully saturated rings. The molecule has 13 aromatic carbocycles. The van der Waals surface area contributed by atoms with Crippen molar-refractivity contribution in [2.45, 2.75) is 262 Å². The second-order valence-corrected chi connectivity index (χ2v) is 43.6. The van der Waals surface area contributed by atoms with Crippen LogP contribution < -0.4 is 26.2 Å². The van der Waals surface area contributed by atoms with Gasteiger partial charge in [0.15, 0.2) is 0 Å². The molecule has 0 amide bonds. The maximum Gasteiger partial charge on any atom is 0.252 e. The van der Waals surface area contributed by atoms with Crippen molar-refractivity contribution in [3.63, 3.8) is 0 Å². The van der Waals surface area contributed by atoms with Gasteiger partial charge in [-0.3, -0.25) is 0 Å². The average Bonchev–Trinajstić information content (AvgIpc) is 0.726. The number of hydrogen-bond acceptors (Lipinski definition) is 2. The summed E-state index contributed by atoms with van der Waals surface area (Å²) in [5, 5.41) is -0.651. The van der Waals surface area contributed by atoms with Gasteiger partial charge in [0.05, 0.1) is 64.9 Å². The monoisotopic (exact) mass is 1630 g/mol. The van der Waals surface area contributed by atoms with Gasteiger partial charge in [0.2, 0.25) is 0 Å². The van der Waals surface area contributed by atoms with Gasteiger partial charge in [0.25, 0.3) is 6.71 Å². The summed E-state index contributed by atoms with van der Waals surface area (Å²) in [4.78, 5) is 3.34. The highest BCUT2D eigenvalue weighted by molar-refractivity contribution is 7.00. The molecule has 0 spiro atoms. The maximum atomic E-state index is 11.9. The number of hydrogen-bond donors (Lipinski definition) is 0. The molecule has 622 valence electrons. The zero-order valence-electron chi connectivity index (χ0n) is 108. The number of anilines is 6. The van der Waals surface area contributed by atoms with Gasteiger partial charge in [0.1, 0.15) is 0 Å². The summed E-state index contributed by atoms with van der Waals surface area (Å²) in [7, 11) is 0. The van der Waals surface area contributed by atoms with E-state index in [4.69, 9.17) is 1.37 Å². The number of rotatable bonds is 9. The van der Waals surface area contributed by atoms with Gasteiger partial charge in [-0.1, -0.05) is 395 Å². The Morgan fingerprint density at radius 3 is 1.08 bits per heavy atom. The highest BCUT2D eigenvalue weighted by Gasteiger charge is 2.48. The van der Waals surface area contributed by atoms with Crippen molar-refractivity contribution in [2.75, 3.05) is 9.80 Å². The Kier molecular flexibility index (Phi) is 13.2. The minimum atomic E-state index is -1.46. The largest absolute Gasteiger partial charge is 0.310 e. The zero-order valence-corrected chi connectivity index (χ0v) is 76.8. The standard InChI is InChI=1S/C118H132BN3/c1-109(2,3)79-52-47-74(48-53-79)90-67-84(114(16,17)18)69-92(87-58-56-81(111(7,8)9)71-96(87)118(28,29)30)107(90)122-102-72-86(120-99-45-36-34-41-88(99)89-42-35-37-46-100(89)120)57-60-98(102)119-97-59-51-76(73-39-32-31-33-40-73)63-101(97)121(103-64-78(65-104(122)106(103)119)77-61-82(112(10,11)12)66-83(62-77)113(13,14)15)108-91(75-49-54-80(55-50-75)110(4,5)6)68-85(115(19,20)21)70-93(108)105-94(116(22,23)24)43-38-44-95(105)117(25,26)27/h31-72H,1-30H3/i31D,32D,33D,34D,35D,36D,37D,38D,39D,40D,41D,42D,43D,44D,45D,46D,47D,48D,49D,50D,52D,53D,54D,55D,56D,58D,67D,68D,69D,70D,71D. The Morgan fingerprint density at radius 1 is 0.246 bits per heavy atom. The van der Waals surface area contributed by atoms with Crippen molar-refractivity contribution in [2.24, 2.45) is 0 Å². The second kappa shape index (κ2) is 29.5. The topological polar surface area (TPSA) is 11.4 Å². The minimum Gasteiger partial charge on any atom is -0.310 e. The SMILES string of the molecule is [2H]c1c([2H])c([2H])c(-c2ccc3c(c2)N(c2c(-c4c([2H])c([2H])c(C(C)(C)C)c([2H])c4[2H])c([2H])c(C(C)(C)C)c([2H])c2-c2c(C(C)(C)C)c([2H])c([2H])c([2H])c2C(C)(C)C)c2cc(-c4cc(C(C)(C)C)cc(C(C)(C)C)c4)cc4c2B3c2ccc(-n3c5c([2H])c([2H])c([2H])c([2H])c5c5c([2H])c([2H])c([2H])c([2H])c53)cc2N4c2c(-c3c([2H])c([2H])c(C(C)(C)C)c([2H])c3[2H])c([2H])c(C(C)(C)C)c([2H])c2-c2c([2H])c([2H])c(C(C)(C)C)c([2H])c2C(C)(C)C)c([2H])c1[2H]. The van der Waals surface area contributed by atoms with Crippen molar-refractivity contribution in [3.05, 3.63) is 310 Å². The van der Waals surface area contributed by atoms with Crippen LogP contribution in [-0.4, -0.2) is 11.3 Å². The lowest BCUT2D eigenvalue weighted by atomic mass is 9.33. The van der Waals surface area contributed by atoms with Crippen LogP contribution in [0.2, 0.25) is 0 Å². The van der Waals surface area contributed by atoms with Gasteiger partial charge in [-0.05, 0) is 237 Å². The molecule has 0 N–H and O–H groups in total. The summed E-state index contributed by atoms with van der Waals surface area (Å²) in [6, 6.07) is 0.359. The predicted octanol–water partition coefficient (Wildman–Crippen LogP) is 31.8. The van der Waals surface area contributed by atoms with E-state index in [1.807, 2.05) is 128 Å². The molecular weight excluding hydrogens is 1470 g/mol. The van der Waals surface area contributed by atoms with Crippen molar-refractivity contribution < 1.29 is 42.5 Å². The third-order valence-electron chi connectivity index (χ3n) is 23.5. The van der Waals surface area contributed by atoms with Crippen LogP contribution in [0.5, 0.6) is 0 Å². The van der Waals surface area contributed by atoms with Crippen LogP contribution in [0, 0.1) is 0 Å². The molecule has 0 saturated carbocycles. The lowest BCUT2D eigenvalue weighted by Gasteiger charge is -2.46. The molecule has 0 atom stereocenters. The first-order chi connectivity index (χ1) is 69.8. The third-order valence-corrected chi connectivity index (χ3v) is 23.5. The lowest BCUT2D eigenvalue weighted by Crippen LogP contribution is -2.61. The van der Waals surface area contributed by atoms with Crippen molar-refractivity contribution in [1.29, 1.82) is 0 Å². The van der Waals surface area contributed by atoms with Crippen LogP contribution in [0.25, 0.3) is 94.3 Å². The van der Waals surface area contributed by atoms with E-state index in [-0.39, 0.29) is 173 Å². The number of aromatic nitrogens is 1. The van der Waals surface area contributed by atoms with E-state index in [9.17, 15) is 41.1 Å². The van der Waals surface area contributed by atoms with Crippen molar-refractivity contribution in [1.82, 2.24) is 4.57 Å². The van der Waals surface area contributed by atoms with Crippen LogP contribution >= 0.6 is 0 Å². The van der Waals surface area contributed by atoms with Crippen molar-refractivity contribution >= 4 is 79.0 Å². The molecule has 2 aliphatic rings. The molecule has 122 heavy (non-hydrogen) atoms. The van der Waals surface area contributed by atoms with Gasteiger partial charge in [0, 0.05) is 61.5 Å². The molecule has 14 aromatic rings. The molecule has 2 aliphatic heterocycles. The van der Waals surface area contributed by atoms with E-state index in [0.717, 1.165) is 11.1 Å². The first-order valence-corrected chi connectivity index (χ1v) is 42.5. The van der Waals surface area contributed by atoms with E-state index in [1.165, 1.54) is 4.57 Å². The number of nitrogens with zero attached hydrogens (tertiary/aromatic N) is 3. The molecule has 0 radical (unpaired) electrons. The van der Waals surface area contributed by atoms with Crippen LogP contribution in [0.4, 0.5) is 34.1 Å². The predicted molar refractivity (Wildman–Crippen MR) is 534 cm³/mol. The maximum absolute atomic E-state index is 11.9. The lowest BCUT2D eigenvalue weighted by molar-refractivity contribution is 0.568. The molecule has 3 heterocycles. The van der Waals surface area contributed by atoms with E-state index < -0.39 is 259 Å². The highest BCUT2D eigenvalue weighted by atomic mass is 15.2. The molecule has 0 bridgehead atoms. The van der Waals surface area contributed by atoms with Crippen LogP contribution in [0.1, 0.15) is 306 Å². The quantitative estimate of drug-likeness (QED) is 0.133. The van der Waals surface area contributed by atoms with Gasteiger partial charge in [-0.25, -0.2) is 0 Å². The molecular formula is C118H132BN3. The van der Waals surface area contributed by atoms with E-state index in [2.05, 4.69) is 6.07 Å². The molecule has 0 aliphatic carbocycles. The minimum absolute atomic E-state index is 0.00852. The Hall–Kier alpha value is -10.7. The summed E-state index contributed by atoms with van der Waals surface area (Å²) in [5.74, 6) is 0. The Bertz CT molecular complexity index is 8210. The van der Waals surface area contributed by atoms with E-state index in [0.29, 0.717) is 5.56 Å². The summed E-state index contributed by atoms with van der Waals surface area (Å²) < 4.78 is 325. The second-order valence-electron chi connectivity index (χ2n) is 43.6. The summed E-state index contributed by atoms with van der Waals surface area (Å²) in [5.41, 5.74) is -13.4. The Balaban J connectivity index is 1.35. The fraction of sp³-hybridized carbons (Fsp3) is 0.339. The fourth-order valence-electron chi connectivity index (χ4n) is 16.6. The molecule has 0 unspecified atom stereocenters. The average molecular weight is 1630 g/mol. The smallest absolute Gasteiger partial charge is 0.252 e. The summed E-state index contributed by atoms with van der Waals surface area (Å²) >= 11 is 0. The van der Waals surface area contributed by atoms with Crippen molar-refractivity contribution in [3.8, 4) is 72.4 Å². The fourth-order valence-corrected chi connectivity index (χ4v) is 16.6. The molecule has 16 rings (SSSR count). The van der Waals surface area contributed by atoms with Crippen LogP contribution in [-0.2, 0) is 54.1 Å². The zero-order chi connectivity index (χ0) is 115. The highest BCUT2D eigenvalue weighted by Crippen LogP contribution is 2.59. The van der Waals surface area contributed by atoms with E-state index in [1.54, 1.807) is 150 Å². The first-order valence-electron chi connectivity index (χ1n) is 58.0. The van der Waals surface area contributed by atoms with E-state index >= 15 is 0 Å². The van der Waals surface area contributed by atoms with Gasteiger partial charge in [-0.15, -0.1) is 0 Å². The number of fused-ring (bicyclic) bond motifs is 7. The van der Waals surface area contributed by atoms with Crippen LogP contribution in [0.15, 0.2) is 254 Å². The summed E-state index contributed by atoms with van der Waals surface area (Å²) in [6.07, 6.45) is 0. The molecule has 1 aromatic heterocycles. The number of benzene rings is 13. The Morgan fingerprint density at radius 2 is 0.631 bits per heavy atom. The normalized spacial score (nSPS) is 17.3. The summed E-state index contributed by atoms with van der Waals surface area (Å²) in [6.45, 7) is 53.4. The first kappa shape index (κ1) is 54.7. The molecule has 3 nitrogen and oxygen atoms in total. The van der Waals surface area contributed by atoms with Crippen LogP contribution in [0.3, 0.4) is 0 Å². The van der Waals surface area contributed by atoms with Gasteiger partial charge < -0.3 is 14.4 Å². The molecule has 0 saturated heterocycles. The molecule has 4 heteroatoms.